The van der Waals surface area contributed by atoms with Crippen molar-refractivity contribution < 1.29 is 17.6 Å². The van der Waals surface area contributed by atoms with Crippen molar-refractivity contribution in [3.63, 3.8) is 0 Å². The highest BCUT2D eigenvalue weighted by Gasteiger charge is 2.51. The molecule has 0 N–H and O–H groups in total. The van der Waals surface area contributed by atoms with Crippen LogP contribution < -0.4 is 0 Å². The van der Waals surface area contributed by atoms with E-state index in [0.29, 0.717) is 25.7 Å². The van der Waals surface area contributed by atoms with Crippen molar-refractivity contribution in [1.82, 2.24) is 0 Å². The average molecular weight is 296 g/mol. The molecule has 2 atom stereocenters. The summed E-state index contributed by atoms with van der Waals surface area (Å²) in [4.78, 5) is 0. The summed E-state index contributed by atoms with van der Waals surface area (Å²) in [7, 11) is 0. The van der Waals surface area contributed by atoms with E-state index >= 15 is 0 Å². The van der Waals surface area contributed by atoms with E-state index in [1.165, 1.54) is 0 Å². The van der Waals surface area contributed by atoms with Gasteiger partial charge in [0.25, 0.3) is 11.8 Å². The minimum atomic E-state index is -2.95. The van der Waals surface area contributed by atoms with Crippen LogP contribution in [0.2, 0.25) is 0 Å². The second kappa shape index (κ2) is 7.65. The van der Waals surface area contributed by atoms with Crippen molar-refractivity contribution in [2.45, 2.75) is 89.9 Å². The lowest BCUT2D eigenvalue weighted by Crippen LogP contribution is -2.43. The Bertz CT molecular complexity index is 248. The number of alkyl halides is 4. The molecule has 1 rings (SSSR count). The van der Waals surface area contributed by atoms with Gasteiger partial charge in [0.15, 0.2) is 0 Å². The number of halogens is 4. The Labute approximate surface area is 120 Å². The zero-order chi connectivity index (χ0) is 15.2. The summed E-state index contributed by atoms with van der Waals surface area (Å²) in [6.45, 7) is 3.38. The smallest absolute Gasteiger partial charge is 0.207 e. The summed E-state index contributed by atoms with van der Waals surface area (Å²) < 4.78 is 57.2. The van der Waals surface area contributed by atoms with Crippen LogP contribution in [0.1, 0.15) is 78.1 Å². The summed E-state index contributed by atoms with van der Waals surface area (Å²) in [5.74, 6) is -8.20. The molecule has 120 valence electrons. The van der Waals surface area contributed by atoms with Gasteiger partial charge in [0, 0.05) is 24.7 Å². The number of hydrogen-bond acceptors (Lipinski definition) is 0. The van der Waals surface area contributed by atoms with Gasteiger partial charge in [-0.2, -0.15) is 0 Å². The summed E-state index contributed by atoms with van der Waals surface area (Å²) in [6.07, 6.45) is 3.74. The Kier molecular flexibility index (Phi) is 6.80. The quantitative estimate of drug-likeness (QED) is 0.494. The lowest BCUT2D eigenvalue weighted by atomic mass is 9.73. The highest BCUT2D eigenvalue weighted by atomic mass is 19.3. The summed E-state index contributed by atoms with van der Waals surface area (Å²) in [5, 5.41) is 0. The van der Waals surface area contributed by atoms with Crippen LogP contribution >= 0.6 is 0 Å². The van der Waals surface area contributed by atoms with E-state index in [0.717, 1.165) is 12.8 Å². The van der Waals surface area contributed by atoms with E-state index in [-0.39, 0.29) is 25.7 Å². The highest BCUT2D eigenvalue weighted by Crippen LogP contribution is 2.48. The fourth-order valence-corrected chi connectivity index (χ4v) is 3.53. The van der Waals surface area contributed by atoms with E-state index in [2.05, 4.69) is 0 Å². The fraction of sp³-hybridized carbons (Fsp3) is 1.00. The topological polar surface area (TPSA) is 0 Å². The molecule has 20 heavy (non-hydrogen) atoms. The predicted molar refractivity (Wildman–Crippen MR) is 74.4 cm³/mol. The van der Waals surface area contributed by atoms with Crippen molar-refractivity contribution in [3.8, 4) is 0 Å². The molecule has 0 heterocycles. The maximum Gasteiger partial charge on any atom is 0.251 e. The second-order valence-corrected chi connectivity index (χ2v) is 6.23. The molecular formula is C16H28F4. The largest absolute Gasteiger partial charge is 0.251 e. The Morgan fingerprint density at radius 1 is 0.700 bits per heavy atom. The predicted octanol–water partition coefficient (Wildman–Crippen LogP) is 6.44. The molecule has 0 bridgehead atoms. The van der Waals surface area contributed by atoms with Gasteiger partial charge in [-0.15, -0.1) is 0 Å². The van der Waals surface area contributed by atoms with Crippen LogP contribution in [0.5, 0.6) is 0 Å². The van der Waals surface area contributed by atoms with Gasteiger partial charge in [0.1, 0.15) is 0 Å². The molecule has 0 aliphatic heterocycles. The maximum absolute atomic E-state index is 14.3. The molecule has 0 spiro atoms. The van der Waals surface area contributed by atoms with Gasteiger partial charge in [0.2, 0.25) is 0 Å². The average Bonchev–Trinajstić information content (AvgIpc) is 2.26. The molecule has 1 saturated carbocycles. The standard InChI is InChI=1S/C16H28F4/c1-3-11-15(17,18)13-9-7-5-6-8-10-14(13)16(19,20)12-4-2/h13-14H,3-12H2,1-2H3. The number of rotatable bonds is 6. The molecule has 2 unspecified atom stereocenters. The normalized spacial score (nSPS) is 26.1. The van der Waals surface area contributed by atoms with Crippen LogP contribution in [0.3, 0.4) is 0 Å². The summed E-state index contributed by atoms with van der Waals surface area (Å²) in [6, 6.07) is 0. The first-order valence-electron chi connectivity index (χ1n) is 8.10. The minimum Gasteiger partial charge on any atom is -0.207 e. The van der Waals surface area contributed by atoms with Crippen LogP contribution in [-0.2, 0) is 0 Å². The van der Waals surface area contributed by atoms with Crippen LogP contribution in [0.25, 0.3) is 0 Å². The van der Waals surface area contributed by atoms with Crippen molar-refractivity contribution in [2.75, 3.05) is 0 Å². The molecule has 0 aromatic rings. The lowest BCUT2D eigenvalue weighted by Gasteiger charge is -2.39. The van der Waals surface area contributed by atoms with E-state index < -0.39 is 23.7 Å². The summed E-state index contributed by atoms with van der Waals surface area (Å²) in [5.41, 5.74) is 0. The molecule has 4 heteroatoms. The zero-order valence-electron chi connectivity index (χ0n) is 12.7. The molecule has 1 aliphatic rings. The third kappa shape index (κ3) is 4.63. The molecule has 0 saturated heterocycles. The Morgan fingerprint density at radius 2 is 1.05 bits per heavy atom. The van der Waals surface area contributed by atoms with Crippen molar-refractivity contribution in [2.24, 2.45) is 11.8 Å². The Balaban J connectivity index is 2.96. The molecule has 0 radical (unpaired) electrons. The Hall–Kier alpha value is -0.280. The zero-order valence-corrected chi connectivity index (χ0v) is 12.7. The van der Waals surface area contributed by atoms with Gasteiger partial charge in [0.05, 0.1) is 0 Å². The lowest BCUT2D eigenvalue weighted by molar-refractivity contribution is -0.164. The fourth-order valence-electron chi connectivity index (χ4n) is 3.53. The number of hydrogen-bond donors (Lipinski definition) is 0. The third-order valence-corrected chi connectivity index (χ3v) is 4.52. The van der Waals surface area contributed by atoms with E-state index in [1.54, 1.807) is 13.8 Å². The van der Waals surface area contributed by atoms with Gasteiger partial charge in [-0.25, -0.2) is 17.6 Å². The second-order valence-electron chi connectivity index (χ2n) is 6.23. The van der Waals surface area contributed by atoms with Crippen LogP contribution in [0, 0.1) is 11.8 Å². The van der Waals surface area contributed by atoms with E-state index in [4.69, 9.17) is 0 Å². The van der Waals surface area contributed by atoms with Gasteiger partial charge in [-0.05, 0) is 12.8 Å². The third-order valence-electron chi connectivity index (χ3n) is 4.52. The van der Waals surface area contributed by atoms with Gasteiger partial charge < -0.3 is 0 Å². The molecule has 1 fully saturated rings. The molecule has 1 aliphatic carbocycles. The van der Waals surface area contributed by atoms with Crippen molar-refractivity contribution >= 4 is 0 Å². The van der Waals surface area contributed by atoms with Gasteiger partial charge in [-0.3, -0.25) is 0 Å². The van der Waals surface area contributed by atoms with Gasteiger partial charge >= 0.3 is 0 Å². The molecule has 0 amide bonds. The Morgan fingerprint density at radius 3 is 1.35 bits per heavy atom. The molecule has 0 nitrogen and oxygen atoms in total. The molecule has 0 aromatic heterocycles. The van der Waals surface area contributed by atoms with Crippen LogP contribution in [0.4, 0.5) is 17.6 Å². The van der Waals surface area contributed by atoms with Crippen molar-refractivity contribution in [3.05, 3.63) is 0 Å². The maximum atomic E-state index is 14.3. The highest BCUT2D eigenvalue weighted by molar-refractivity contribution is 4.91. The van der Waals surface area contributed by atoms with Gasteiger partial charge in [-0.1, -0.05) is 52.4 Å². The first kappa shape index (κ1) is 17.8. The molecular weight excluding hydrogens is 268 g/mol. The monoisotopic (exact) mass is 296 g/mol. The van der Waals surface area contributed by atoms with E-state index in [9.17, 15) is 17.6 Å². The van der Waals surface area contributed by atoms with Crippen LogP contribution in [0.15, 0.2) is 0 Å². The molecule has 0 aromatic carbocycles. The minimum absolute atomic E-state index is 0.247. The van der Waals surface area contributed by atoms with E-state index in [1.807, 2.05) is 0 Å². The van der Waals surface area contributed by atoms with Crippen LogP contribution in [-0.4, -0.2) is 11.8 Å². The first-order valence-corrected chi connectivity index (χ1v) is 8.10. The summed E-state index contributed by atoms with van der Waals surface area (Å²) >= 11 is 0. The first-order chi connectivity index (χ1) is 9.35. The van der Waals surface area contributed by atoms with Crippen molar-refractivity contribution in [1.29, 1.82) is 0 Å². The SMILES string of the molecule is CCCC(F)(F)C1CCCCCCC1C(F)(F)CCC.